The topological polar surface area (TPSA) is 15.3 Å². The van der Waals surface area contributed by atoms with Crippen molar-refractivity contribution in [2.45, 2.75) is 25.3 Å². The van der Waals surface area contributed by atoms with Gasteiger partial charge < -0.3 is 5.32 Å². The Labute approximate surface area is 141 Å². The lowest BCUT2D eigenvalue weighted by Crippen LogP contribution is -2.45. The summed E-state index contributed by atoms with van der Waals surface area (Å²) in [6.07, 6.45) is 3.16. The molecule has 0 bridgehead atoms. The van der Waals surface area contributed by atoms with Crippen LogP contribution in [0.4, 0.5) is 13.2 Å². The summed E-state index contributed by atoms with van der Waals surface area (Å²) in [5.74, 6) is -2.11. The zero-order valence-corrected chi connectivity index (χ0v) is 13.8. The monoisotopic (exact) mass is 356 g/mol. The van der Waals surface area contributed by atoms with Crippen molar-refractivity contribution in [1.82, 2.24) is 10.2 Å². The minimum atomic E-state index is -1.11. The Morgan fingerprint density at radius 2 is 1.59 bits per heavy atom. The molecule has 0 aromatic heterocycles. The van der Waals surface area contributed by atoms with E-state index in [0.717, 1.165) is 51.5 Å². The first-order chi connectivity index (χ1) is 9.65. The Morgan fingerprint density at radius 3 is 2.18 bits per heavy atom. The Morgan fingerprint density at radius 1 is 1.00 bits per heavy atom. The van der Waals surface area contributed by atoms with Crippen molar-refractivity contribution in [3.8, 4) is 0 Å². The molecule has 0 unspecified atom stereocenters. The molecule has 1 heterocycles. The predicted molar refractivity (Wildman–Crippen MR) is 85.3 cm³/mol. The highest BCUT2D eigenvalue weighted by Crippen LogP contribution is 2.41. The molecular formula is C15H21Cl2F3N2. The van der Waals surface area contributed by atoms with Crippen LogP contribution >= 0.6 is 24.8 Å². The van der Waals surface area contributed by atoms with Crippen LogP contribution in [0.3, 0.4) is 0 Å². The van der Waals surface area contributed by atoms with Gasteiger partial charge in [-0.1, -0.05) is 12.8 Å². The van der Waals surface area contributed by atoms with Crippen LogP contribution in [0.1, 0.15) is 30.9 Å². The number of piperazine rings is 1. The first-order valence-electron chi connectivity index (χ1n) is 7.24. The van der Waals surface area contributed by atoms with Gasteiger partial charge in [-0.15, -0.1) is 24.8 Å². The third-order valence-corrected chi connectivity index (χ3v) is 4.24. The van der Waals surface area contributed by atoms with Gasteiger partial charge in [0.05, 0.1) is 0 Å². The SMILES string of the molecule is Cl.Cl.Fc1cc(F)c([C@@H](CC2CC2)N2CCNCC2)cc1F. The van der Waals surface area contributed by atoms with E-state index in [1.54, 1.807) is 0 Å². The molecule has 126 valence electrons. The van der Waals surface area contributed by atoms with E-state index in [-0.39, 0.29) is 30.9 Å². The van der Waals surface area contributed by atoms with Gasteiger partial charge in [0.2, 0.25) is 0 Å². The van der Waals surface area contributed by atoms with Crippen LogP contribution in [0.2, 0.25) is 0 Å². The summed E-state index contributed by atoms with van der Waals surface area (Å²) in [6, 6.07) is 1.58. The molecule has 2 aliphatic rings. The first kappa shape index (κ1) is 19.6. The second-order valence-corrected chi connectivity index (χ2v) is 5.77. The second kappa shape index (κ2) is 8.39. The summed E-state index contributed by atoms with van der Waals surface area (Å²) in [5, 5.41) is 3.26. The van der Waals surface area contributed by atoms with Crippen LogP contribution in [-0.2, 0) is 0 Å². The van der Waals surface area contributed by atoms with Gasteiger partial charge >= 0.3 is 0 Å². The summed E-state index contributed by atoms with van der Waals surface area (Å²) in [6.45, 7) is 3.34. The molecular weight excluding hydrogens is 336 g/mol. The fourth-order valence-electron chi connectivity index (χ4n) is 2.93. The highest BCUT2D eigenvalue weighted by molar-refractivity contribution is 5.85. The summed E-state index contributed by atoms with van der Waals surface area (Å²) >= 11 is 0. The van der Waals surface area contributed by atoms with Crippen molar-refractivity contribution >= 4 is 24.8 Å². The standard InChI is InChI=1S/C15H19F3N2.2ClH/c16-12-9-14(18)13(17)8-11(12)15(7-10-1-2-10)20-5-3-19-4-6-20;;/h8-10,15,19H,1-7H2;2*1H/t15-;;/m1../s1. The molecule has 22 heavy (non-hydrogen) atoms. The minimum Gasteiger partial charge on any atom is -0.314 e. The van der Waals surface area contributed by atoms with Crippen LogP contribution in [0.15, 0.2) is 12.1 Å². The molecule has 2 fully saturated rings. The van der Waals surface area contributed by atoms with Crippen molar-refractivity contribution in [2.75, 3.05) is 26.2 Å². The number of hydrogen-bond donors (Lipinski definition) is 1. The van der Waals surface area contributed by atoms with Gasteiger partial charge in [-0.2, -0.15) is 0 Å². The molecule has 0 amide bonds. The lowest BCUT2D eigenvalue weighted by molar-refractivity contribution is 0.157. The fourth-order valence-corrected chi connectivity index (χ4v) is 2.93. The Balaban J connectivity index is 0.00000121. The molecule has 1 aliphatic heterocycles. The summed E-state index contributed by atoms with van der Waals surface area (Å²) < 4.78 is 40.6. The van der Waals surface area contributed by atoms with E-state index in [9.17, 15) is 13.2 Å². The third-order valence-electron chi connectivity index (χ3n) is 4.24. The molecule has 7 heteroatoms. The largest absolute Gasteiger partial charge is 0.314 e. The van der Waals surface area contributed by atoms with Gasteiger partial charge in [0, 0.05) is 43.9 Å². The van der Waals surface area contributed by atoms with Gasteiger partial charge in [0.1, 0.15) is 5.82 Å². The average Bonchev–Trinajstić information content (AvgIpc) is 3.26. The van der Waals surface area contributed by atoms with Gasteiger partial charge in [-0.25, -0.2) is 13.2 Å². The van der Waals surface area contributed by atoms with Crippen molar-refractivity contribution in [1.29, 1.82) is 0 Å². The Bertz CT molecular complexity index is 492. The molecule has 1 aromatic carbocycles. The molecule has 1 saturated heterocycles. The smallest absolute Gasteiger partial charge is 0.161 e. The number of nitrogens with zero attached hydrogens (tertiary/aromatic N) is 1. The Kier molecular flexibility index (Phi) is 7.46. The zero-order valence-electron chi connectivity index (χ0n) is 12.2. The van der Waals surface area contributed by atoms with E-state index < -0.39 is 17.5 Å². The molecule has 3 rings (SSSR count). The summed E-state index contributed by atoms with van der Waals surface area (Å²) in [7, 11) is 0. The van der Waals surface area contributed by atoms with Crippen LogP contribution in [0.25, 0.3) is 0 Å². The quantitative estimate of drug-likeness (QED) is 0.827. The fraction of sp³-hybridized carbons (Fsp3) is 0.600. The van der Waals surface area contributed by atoms with E-state index in [2.05, 4.69) is 10.2 Å². The van der Waals surface area contributed by atoms with Crippen LogP contribution in [-0.4, -0.2) is 31.1 Å². The van der Waals surface area contributed by atoms with Crippen molar-refractivity contribution in [3.05, 3.63) is 35.1 Å². The van der Waals surface area contributed by atoms with Crippen LogP contribution in [0, 0.1) is 23.4 Å². The molecule has 0 spiro atoms. The van der Waals surface area contributed by atoms with Gasteiger partial charge in [-0.3, -0.25) is 4.90 Å². The molecule has 1 atom stereocenters. The zero-order chi connectivity index (χ0) is 14.1. The number of halogens is 5. The van der Waals surface area contributed by atoms with Gasteiger partial charge in [-0.05, 0) is 18.4 Å². The molecule has 1 aromatic rings. The van der Waals surface area contributed by atoms with Crippen molar-refractivity contribution in [2.24, 2.45) is 5.92 Å². The number of rotatable bonds is 4. The number of hydrogen-bond acceptors (Lipinski definition) is 2. The maximum Gasteiger partial charge on any atom is 0.161 e. The minimum absolute atomic E-state index is 0. The molecule has 1 aliphatic carbocycles. The van der Waals surface area contributed by atoms with Gasteiger partial charge in [0.25, 0.3) is 0 Å². The van der Waals surface area contributed by atoms with E-state index in [4.69, 9.17) is 0 Å². The van der Waals surface area contributed by atoms with Gasteiger partial charge in [0.15, 0.2) is 11.6 Å². The lowest BCUT2D eigenvalue weighted by atomic mass is 9.98. The van der Waals surface area contributed by atoms with E-state index in [1.807, 2.05) is 0 Å². The van der Waals surface area contributed by atoms with Crippen LogP contribution < -0.4 is 5.32 Å². The maximum absolute atomic E-state index is 14.1. The molecule has 2 nitrogen and oxygen atoms in total. The van der Waals surface area contributed by atoms with E-state index in [1.165, 1.54) is 0 Å². The molecule has 1 N–H and O–H groups in total. The third kappa shape index (κ3) is 4.51. The average molecular weight is 357 g/mol. The normalized spacial score (nSPS) is 20.0. The lowest BCUT2D eigenvalue weighted by Gasteiger charge is -2.35. The highest BCUT2D eigenvalue weighted by atomic mass is 35.5. The highest BCUT2D eigenvalue weighted by Gasteiger charge is 2.32. The number of nitrogens with one attached hydrogen (secondary N) is 1. The van der Waals surface area contributed by atoms with E-state index in [0.29, 0.717) is 17.5 Å². The van der Waals surface area contributed by atoms with Crippen molar-refractivity contribution in [3.63, 3.8) is 0 Å². The summed E-state index contributed by atoms with van der Waals surface area (Å²) in [4.78, 5) is 2.19. The molecule has 1 saturated carbocycles. The Hall–Kier alpha value is -0.490. The number of benzene rings is 1. The van der Waals surface area contributed by atoms with Crippen LogP contribution in [0.5, 0.6) is 0 Å². The summed E-state index contributed by atoms with van der Waals surface area (Å²) in [5.41, 5.74) is 0.303. The first-order valence-corrected chi connectivity index (χ1v) is 7.24. The molecule has 0 radical (unpaired) electrons. The maximum atomic E-state index is 14.1. The van der Waals surface area contributed by atoms with Crippen molar-refractivity contribution < 1.29 is 13.2 Å². The second-order valence-electron chi connectivity index (χ2n) is 5.77. The van der Waals surface area contributed by atoms with E-state index >= 15 is 0 Å². The predicted octanol–water partition coefficient (Wildman–Crippen LogP) is 3.69.